The lowest BCUT2D eigenvalue weighted by Crippen LogP contribution is -2.54. The van der Waals surface area contributed by atoms with E-state index in [0.29, 0.717) is 30.2 Å². The molecule has 6 heteroatoms. The highest BCUT2D eigenvalue weighted by Gasteiger charge is 2.32. The minimum absolute atomic E-state index is 0.0398. The zero-order valence-corrected chi connectivity index (χ0v) is 23.0. The van der Waals surface area contributed by atoms with E-state index in [9.17, 15) is 9.59 Å². The molecule has 3 aromatic carbocycles. The summed E-state index contributed by atoms with van der Waals surface area (Å²) in [6, 6.07) is 25.0. The molecular formula is C30H35ClN2O2S. The SMILES string of the molecule is Cc1ccc(CN(C(=O)CCSc2ccc(Cl)cc2)C(Cc2ccccc2)C(=O)NC(C)(C)C)cc1. The van der Waals surface area contributed by atoms with E-state index in [1.54, 1.807) is 16.7 Å². The largest absolute Gasteiger partial charge is 0.350 e. The minimum atomic E-state index is -0.624. The molecule has 0 aliphatic carbocycles. The highest BCUT2D eigenvalue weighted by atomic mass is 35.5. The van der Waals surface area contributed by atoms with Crippen LogP contribution in [0.4, 0.5) is 0 Å². The van der Waals surface area contributed by atoms with Crippen molar-refractivity contribution in [3.05, 3.63) is 101 Å². The maximum absolute atomic E-state index is 13.7. The van der Waals surface area contributed by atoms with Crippen LogP contribution >= 0.6 is 23.4 Å². The Morgan fingerprint density at radius 1 is 0.917 bits per heavy atom. The first kappa shape index (κ1) is 27.8. The van der Waals surface area contributed by atoms with Crippen molar-refractivity contribution in [1.29, 1.82) is 0 Å². The second kappa shape index (κ2) is 13.0. The first-order chi connectivity index (χ1) is 17.1. The van der Waals surface area contributed by atoms with Gasteiger partial charge in [0, 0.05) is 40.6 Å². The Kier molecular flexibility index (Phi) is 10.0. The smallest absolute Gasteiger partial charge is 0.243 e. The van der Waals surface area contributed by atoms with E-state index < -0.39 is 11.6 Å². The molecule has 4 nitrogen and oxygen atoms in total. The third-order valence-electron chi connectivity index (χ3n) is 5.64. The van der Waals surface area contributed by atoms with Gasteiger partial charge in [-0.05, 0) is 63.1 Å². The lowest BCUT2D eigenvalue weighted by molar-refractivity contribution is -0.141. The minimum Gasteiger partial charge on any atom is -0.350 e. The van der Waals surface area contributed by atoms with Crippen LogP contribution in [0, 0.1) is 6.92 Å². The molecule has 0 aliphatic rings. The Hall–Kier alpha value is -2.76. The summed E-state index contributed by atoms with van der Waals surface area (Å²) in [6.07, 6.45) is 0.776. The number of benzene rings is 3. The molecule has 3 rings (SSSR count). The number of hydrogen-bond donors (Lipinski definition) is 1. The van der Waals surface area contributed by atoms with Crippen molar-refractivity contribution in [2.24, 2.45) is 0 Å². The second-order valence-corrected chi connectivity index (χ2v) is 11.6. The Morgan fingerprint density at radius 2 is 1.56 bits per heavy atom. The van der Waals surface area contributed by atoms with Crippen molar-refractivity contribution < 1.29 is 9.59 Å². The molecule has 0 heterocycles. The van der Waals surface area contributed by atoms with Crippen LogP contribution in [0.2, 0.25) is 5.02 Å². The summed E-state index contributed by atoms with van der Waals surface area (Å²) in [6.45, 7) is 8.29. The van der Waals surface area contributed by atoms with E-state index >= 15 is 0 Å². The molecule has 1 atom stereocenters. The standard InChI is InChI=1S/C30H35ClN2O2S/c1-22-10-12-24(13-11-22)21-33(28(34)18-19-36-26-16-14-25(31)15-17-26)27(29(35)32-30(2,3)4)20-23-8-6-5-7-9-23/h5-17,27H,18-21H2,1-4H3,(H,32,35). The maximum Gasteiger partial charge on any atom is 0.243 e. The van der Waals surface area contributed by atoms with E-state index in [1.807, 2.05) is 107 Å². The topological polar surface area (TPSA) is 49.4 Å². The number of nitrogens with zero attached hydrogens (tertiary/aromatic N) is 1. The summed E-state index contributed by atoms with van der Waals surface area (Å²) in [7, 11) is 0. The Balaban J connectivity index is 1.85. The molecule has 0 aromatic heterocycles. The van der Waals surface area contributed by atoms with Crippen LogP contribution in [-0.4, -0.2) is 34.0 Å². The summed E-state index contributed by atoms with van der Waals surface area (Å²) >= 11 is 7.60. The molecule has 0 aliphatic heterocycles. The Bertz CT molecular complexity index is 1130. The van der Waals surface area contributed by atoms with E-state index in [1.165, 1.54) is 0 Å². The van der Waals surface area contributed by atoms with Crippen molar-refractivity contribution >= 4 is 35.2 Å². The van der Waals surface area contributed by atoms with Gasteiger partial charge in [-0.1, -0.05) is 71.8 Å². The third kappa shape index (κ3) is 9.03. The van der Waals surface area contributed by atoms with E-state index in [0.717, 1.165) is 21.6 Å². The van der Waals surface area contributed by atoms with Gasteiger partial charge in [0.05, 0.1) is 0 Å². The number of hydrogen-bond acceptors (Lipinski definition) is 3. The number of amides is 2. The molecule has 0 spiro atoms. The molecule has 0 fully saturated rings. The number of rotatable bonds is 10. The summed E-state index contributed by atoms with van der Waals surface area (Å²) in [5.74, 6) is 0.434. The predicted molar refractivity (Wildman–Crippen MR) is 150 cm³/mol. The summed E-state index contributed by atoms with van der Waals surface area (Å²) in [5, 5.41) is 3.79. The number of nitrogens with one attached hydrogen (secondary N) is 1. The average molecular weight is 523 g/mol. The first-order valence-corrected chi connectivity index (χ1v) is 13.6. The van der Waals surface area contributed by atoms with Crippen LogP contribution in [0.5, 0.6) is 0 Å². The van der Waals surface area contributed by atoms with Gasteiger partial charge in [-0.15, -0.1) is 11.8 Å². The molecule has 2 amide bonds. The number of carbonyl (C=O) groups excluding carboxylic acids is 2. The van der Waals surface area contributed by atoms with Crippen molar-refractivity contribution in [2.45, 2.75) is 63.6 Å². The van der Waals surface area contributed by atoms with Gasteiger partial charge in [-0.2, -0.15) is 0 Å². The van der Waals surface area contributed by atoms with Gasteiger partial charge >= 0.3 is 0 Å². The second-order valence-electron chi connectivity index (χ2n) is 10.0. The van der Waals surface area contributed by atoms with Crippen LogP contribution in [0.15, 0.2) is 83.8 Å². The van der Waals surface area contributed by atoms with E-state index in [4.69, 9.17) is 11.6 Å². The lowest BCUT2D eigenvalue weighted by Gasteiger charge is -2.34. The van der Waals surface area contributed by atoms with Gasteiger partial charge in [-0.25, -0.2) is 0 Å². The normalized spacial score (nSPS) is 12.1. The number of thioether (sulfide) groups is 1. The maximum atomic E-state index is 13.7. The van der Waals surface area contributed by atoms with Crippen LogP contribution in [0.1, 0.15) is 43.9 Å². The highest BCUT2D eigenvalue weighted by Crippen LogP contribution is 2.23. The molecular weight excluding hydrogens is 488 g/mol. The predicted octanol–water partition coefficient (Wildman–Crippen LogP) is 6.69. The molecule has 0 saturated heterocycles. The zero-order valence-electron chi connectivity index (χ0n) is 21.5. The Morgan fingerprint density at radius 3 is 2.17 bits per heavy atom. The fourth-order valence-corrected chi connectivity index (χ4v) is 4.79. The monoisotopic (exact) mass is 522 g/mol. The molecule has 0 bridgehead atoms. The first-order valence-electron chi connectivity index (χ1n) is 12.2. The molecule has 3 aromatic rings. The lowest BCUT2D eigenvalue weighted by atomic mass is 10.0. The van der Waals surface area contributed by atoms with Crippen LogP contribution < -0.4 is 5.32 Å². The van der Waals surface area contributed by atoms with Gasteiger partial charge in [-0.3, -0.25) is 9.59 Å². The van der Waals surface area contributed by atoms with Gasteiger partial charge in [0.15, 0.2) is 0 Å². The van der Waals surface area contributed by atoms with Crippen molar-refractivity contribution in [1.82, 2.24) is 10.2 Å². The van der Waals surface area contributed by atoms with Crippen molar-refractivity contribution in [3.63, 3.8) is 0 Å². The zero-order chi connectivity index (χ0) is 26.1. The fourth-order valence-electron chi connectivity index (χ4n) is 3.83. The number of carbonyl (C=O) groups is 2. The van der Waals surface area contributed by atoms with Crippen LogP contribution in [-0.2, 0) is 22.6 Å². The van der Waals surface area contributed by atoms with Gasteiger partial charge < -0.3 is 10.2 Å². The summed E-state index contributed by atoms with van der Waals surface area (Å²) in [5.41, 5.74) is 2.77. The number of aryl methyl sites for hydroxylation is 1. The van der Waals surface area contributed by atoms with Crippen LogP contribution in [0.3, 0.4) is 0 Å². The third-order valence-corrected chi connectivity index (χ3v) is 6.91. The van der Waals surface area contributed by atoms with Crippen molar-refractivity contribution in [2.75, 3.05) is 5.75 Å². The van der Waals surface area contributed by atoms with Gasteiger partial charge in [0.1, 0.15) is 6.04 Å². The quantitative estimate of drug-likeness (QED) is 0.302. The van der Waals surface area contributed by atoms with Gasteiger partial charge in [0.25, 0.3) is 0 Å². The Labute approximate surface area is 224 Å². The molecule has 36 heavy (non-hydrogen) atoms. The molecule has 1 N–H and O–H groups in total. The van der Waals surface area contributed by atoms with E-state index in [2.05, 4.69) is 5.32 Å². The van der Waals surface area contributed by atoms with E-state index in [-0.39, 0.29) is 11.8 Å². The summed E-state index contributed by atoms with van der Waals surface area (Å²) in [4.78, 5) is 30.0. The molecule has 0 saturated carbocycles. The molecule has 0 radical (unpaired) electrons. The fraction of sp³-hybridized carbons (Fsp3) is 0.333. The average Bonchev–Trinajstić information content (AvgIpc) is 2.83. The van der Waals surface area contributed by atoms with Gasteiger partial charge in [0.2, 0.25) is 11.8 Å². The highest BCUT2D eigenvalue weighted by molar-refractivity contribution is 7.99. The van der Waals surface area contributed by atoms with Crippen LogP contribution in [0.25, 0.3) is 0 Å². The van der Waals surface area contributed by atoms with Crippen molar-refractivity contribution in [3.8, 4) is 0 Å². The summed E-state index contributed by atoms with van der Waals surface area (Å²) < 4.78 is 0. The molecule has 1 unspecified atom stereocenters. The number of halogens is 1. The molecule has 190 valence electrons.